The Balaban J connectivity index is 1.56. The van der Waals surface area contributed by atoms with Crippen LogP contribution in [0.4, 0.5) is 4.79 Å². The van der Waals surface area contributed by atoms with Gasteiger partial charge in [0, 0.05) is 54.7 Å². The van der Waals surface area contributed by atoms with Crippen LogP contribution in [0.25, 0.3) is 11.0 Å². The Bertz CT molecular complexity index is 1640. The molecule has 0 aliphatic rings. The van der Waals surface area contributed by atoms with E-state index >= 15 is 0 Å². The molecule has 2 amide bonds. The van der Waals surface area contributed by atoms with Crippen molar-refractivity contribution in [2.24, 2.45) is 5.92 Å². The van der Waals surface area contributed by atoms with Crippen molar-refractivity contribution >= 4 is 34.6 Å². The summed E-state index contributed by atoms with van der Waals surface area (Å²) >= 11 is 6.24. The largest absolute Gasteiger partial charge is 0.460 e. The van der Waals surface area contributed by atoms with E-state index in [1.54, 1.807) is 23.1 Å². The van der Waals surface area contributed by atoms with Gasteiger partial charge in [0.25, 0.3) is 5.91 Å². The van der Waals surface area contributed by atoms with E-state index in [9.17, 15) is 14.4 Å². The van der Waals surface area contributed by atoms with E-state index in [0.29, 0.717) is 71.8 Å². The highest BCUT2D eigenvalue weighted by Gasteiger charge is 2.23. The Labute approximate surface area is 264 Å². The van der Waals surface area contributed by atoms with E-state index in [4.69, 9.17) is 20.8 Å². The van der Waals surface area contributed by atoms with Crippen LogP contribution in [0.5, 0.6) is 0 Å². The summed E-state index contributed by atoms with van der Waals surface area (Å²) in [5.41, 5.74) is 3.07. The van der Waals surface area contributed by atoms with E-state index in [1.807, 2.05) is 89.2 Å². The van der Waals surface area contributed by atoms with E-state index in [-0.39, 0.29) is 17.3 Å². The van der Waals surface area contributed by atoms with Crippen molar-refractivity contribution < 1.29 is 18.7 Å². The molecule has 8 heteroatoms. The standard InChI is InChI=1S/C36H41ClN2O5/c1-24-12-14-27(15-13-24)34(41)39(19-9-18-38-35(42)44-36(3,4)5)23-25(2)20-31-30(21-26-10-7-6-8-11-26)33(40)29-17-16-28(37)22-32(29)43-31/h6-8,10-17,22,25H,9,18-21,23H2,1-5H3,(H,38,42). The minimum Gasteiger partial charge on any atom is -0.460 e. The molecule has 1 N–H and O–H groups in total. The topological polar surface area (TPSA) is 88.8 Å². The SMILES string of the molecule is Cc1ccc(C(=O)N(CCCNC(=O)OC(C)(C)C)CC(C)Cc2oc3cc(Cl)ccc3c(=O)c2Cc2ccccc2)cc1. The monoisotopic (exact) mass is 616 g/mol. The van der Waals surface area contributed by atoms with Gasteiger partial charge in [0.1, 0.15) is 16.9 Å². The second-order valence-corrected chi connectivity index (χ2v) is 12.8. The Kier molecular flexibility index (Phi) is 10.9. The number of benzene rings is 3. The van der Waals surface area contributed by atoms with E-state index < -0.39 is 11.7 Å². The van der Waals surface area contributed by atoms with Crippen molar-refractivity contribution in [3.05, 3.63) is 116 Å². The lowest BCUT2D eigenvalue weighted by atomic mass is 9.96. The van der Waals surface area contributed by atoms with Crippen molar-refractivity contribution in [3.8, 4) is 0 Å². The van der Waals surface area contributed by atoms with Crippen LogP contribution in [0, 0.1) is 12.8 Å². The molecule has 0 saturated heterocycles. The fraction of sp³-hybridized carbons (Fsp3) is 0.361. The molecule has 0 radical (unpaired) electrons. The second-order valence-electron chi connectivity index (χ2n) is 12.3. The average molecular weight is 617 g/mol. The fourth-order valence-electron chi connectivity index (χ4n) is 5.08. The normalized spacial score (nSPS) is 12.1. The highest BCUT2D eigenvalue weighted by atomic mass is 35.5. The highest BCUT2D eigenvalue weighted by molar-refractivity contribution is 6.31. The third kappa shape index (κ3) is 9.20. The number of carbonyl (C=O) groups is 2. The number of nitrogens with one attached hydrogen (secondary N) is 1. The zero-order valence-corrected chi connectivity index (χ0v) is 26.9. The molecule has 0 bridgehead atoms. The van der Waals surface area contributed by atoms with Gasteiger partial charge in [-0.1, -0.05) is 66.6 Å². The molecule has 0 aliphatic carbocycles. The lowest BCUT2D eigenvalue weighted by molar-refractivity contribution is 0.0525. The molecular formula is C36H41ClN2O5. The van der Waals surface area contributed by atoms with Crippen molar-refractivity contribution in [2.45, 2.75) is 59.5 Å². The number of fused-ring (bicyclic) bond motifs is 1. The molecule has 1 heterocycles. The van der Waals surface area contributed by atoms with Crippen LogP contribution in [0.1, 0.15) is 66.9 Å². The maximum atomic E-state index is 13.7. The summed E-state index contributed by atoms with van der Waals surface area (Å²) in [7, 11) is 0. The van der Waals surface area contributed by atoms with Gasteiger partial charge in [0.15, 0.2) is 5.43 Å². The van der Waals surface area contributed by atoms with Crippen LogP contribution >= 0.6 is 11.6 Å². The van der Waals surface area contributed by atoms with E-state index in [2.05, 4.69) is 5.32 Å². The number of nitrogens with zero attached hydrogens (tertiary/aromatic N) is 1. The average Bonchev–Trinajstić information content (AvgIpc) is 2.96. The molecule has 232 valence electrons. The molecule has 4 rings (SSSR count). The molecule has 0 aliphatic heterocycles. The van der Waals surface area contributed by atoms with Gasteiger partial charge in [-0.15, -0.1) is 0 Å². The first-order valence-electron chi connectivity index (χ1n) is 15.0. The molecule has 4 aromatic rings. The number of aryl methyl sites for hydroxylation is 1. The number of rotatable bonds is 11. The van der Waals surface area contributed by atoms with Gasteiger partial charge in [0.05, 0.1) is 5.39 Å². The summed E-state index contributed by atoms with van der Waals surface area (Å²) in [4.78, 5) is 41.3. The van der Waals surface area contributed by atoms with Crippen molar-refractivity contribution in [3.63, 3.8) is 0 Å². The minimum absolute atomic E-state index is 0.0440. The Hall–Kier alpha value is -4.10. The molecule has 7 nitrogen and oxygen atoms in total. The third-order valence-electron chi connectivity index (χ3n) is 7.18. The molecule has 1 aromatic heterocycles. The maximum Gasteiger partial charge on any atom is 0.407 e. The molecular weight excluding hydrogens is 576 g/mol. The number of hydrogen-bond donors (Lipinski definition) is 1. The Morgan fingerprint density at radius 1 is 1.02 bits per heavy atom. The second kappa shape index (κ2) is 14.6. The van der Waals surface area contributed by atoms with Gasteiger partial charge < -0.3 is 19.4 Å². The van der Waals surface area contributed by atoms with Crippen LogP contribution in [0.2, 0.25) is 5.02 Å². The summed E-state index contributed by atoms with van der Waals surface area (Å²) in [5, 5.41) is 3.75. The van der Waals surface area contributed by atoms with Crippen molar-refractivity contribution in [2.75, 3.05) is 19.6 Å². The first-order valence-corrected chi connectivity index (χ1v) is 15.4. The van der Waals surface area contributed by atoms with E-state index in [1.165, 1.54) is 0 Å². The number of amides is 2. The molecule has 0 spiro atoms. The van der Waals surface area contributed by atoms with Crippen molar-refractivity contribution in [1.82, 2.24) is 10.2 Å². The van der Waals surface area contributed by atoms with Gasteiger partial charge in [-0.25, -0.2) is 4.79 Å². The Morgan fingerprint density at radius 2 is 1.73 bits per heavy atom. The van der Waals surface area contributed by atoms with Crippen LogP contribution in [0.3, 0.4) is 0 Å². The predicted molar refractivity (Wildman–Crippen MR) is 176 cm³/mol. The van der Waals surface area contributed by atoms with Gasteiger partial charge in [0.2, 0.25) is 0 Å². The summed E-state index contributed by atoms with van der Waals surface area (Å²) in [6.45, 7) is 10.7. The lowest BCUT2D eigenvalue weighted by Gasteiger charge is -2.27. The molecule has 44 heavy (non-hydrogen) atoms. The lowest BCUT2D eigenvalue weighted by Crippen LogP contribution is -2.38. The molecule has 1 atom stereocenters. The number of halogens is 1. The van der Waals surface area contributed by atoms with Gasteiger partial charge in [-0.3, -0.25) is 9.59 Å². The molecule has 3 aromatic carbocycles. The smallest absolute Gasteiger partial charge is 0.407 e. The summed E-state index contributed by atoms with van der Waals surface area (Å²) in [5.74, 6) is 0.457. The van der Waals surface area contributed by atoms with Crippen LogP contribution < -0.4 is 10.7 Å². The van der Waals surface area contributed by atoms with Gasteiger partial charge in [-0.05, 0) is 69.9 Å². The summed E-state index contributed by atoms with van der Waals surface area (Å²) < 4.78 is 11.7. The third-order valence-corrected chi connectivity index (χ3v) is 7.42. The van der Waals surface area contributed by atoms with Gasteiger partial charge >= 0.3 is 6.09 Å². The highest BCUT2D eigenvalue weighted by Crippen LogP contribution is 2.24. The number of alkyl carbamates (subject to hydrolysis) is 1. The quantitative estimate of drug-likeness (QED) is 0.175. The molecule has 1 unspecified atom stereocenters. The zero-order chi connectivity index (χ0) is 31.9. The predicted octanol–water partition coefficient (Wildman–Crippen LogP) is 7.58. The zero-order valence-electron chi connectivity index (χ0n) is 26.1. The van der Waals surface area contributed by atoms with Crippen LogP contribution in [-0.4, -0.2) is 42.1 Å². The number of carbonyl (C=O) groups excluding carboxylic acids is 2. The first-order chi connectivity index (χ1) is 20.9. The summed E-state index contributed by atoms with van der Waals surface area (Å²) in [6.07, 6.45) is 0.950. The first kappa shape index (κ1) is 32.8. The summed E-state index contributed by atoms with van der Waals surface area (Å²) in [6, 6.07) is 22.4. The molecule has 0 saturated carbocycles. The number of hydrogen-bond acceptors (Lipinski definition) is 5. The Morgan fingerprint density at radius 3 is 2.41 bits per heavy atom. The van der Waals surface area contributed by atoms with E-state index in [0.717, 1.165) is 11.1 Å². The van der Waals surface area contributed by atoms with Crippen molar-refractivity contribution in [1.29, 1.82) is 0 Å². The molecule has 0 fully saturated rings. The number of ether oxygens (including phenoxy) is 1. The van der Waals surface area contributed by atoms with Gasteiger partial charge in [-0.2, -0.15) is 0 Å². The van der Waals surface area contributed by atoms with Crippen LogP contribution in [-0.2, 0) is 17.6 Å². The maximum absolute atomic E-state index is 13.7. The minimum atomic E-state index is -0.588. The van der Waals surface area contributed by atoms with Crippen LogP contribution in [0.15, 0.2) is 82.0 Å². The fourth-order valence-corrected chi connectivity index (χ4v) is 5.24.